The highest BCUT2D eigenvalue weighted by Crippen LogP contribution is 2.23. The van der Waals surface area contributed by atoms with E-state index in [0.717, 1.165) is 0 Å². The molecular weight excluding hydrogens is 248 g/mol. The van der Waals surface area contributed by atoms with Crippen molar-refractivity contribution in [2.24, 2.45) is 17.3 Å². The van der Waals surface area contributed by atoms with E-state index < -0.39 is 17.3 Å². The first-order valence-electron chi connectivity index (χ1n) is 6.42. The summed E-state index contributed by atoms with van der Waals surface area (Å²) in [5.41, 5.74) is -0.518. The Bertz CT molecular complexity index is 381. The second-order valence-corrected chi connectivity index (χ2v) is 6.12. The van der Waals surface area contributed by atoms with Crippen LogP contribution in [-0.4, -0.2) is 47.4 Å². The molecule has 1 unspecified atom stereocenters. The van der Waals surface area contributed by atoms with Crippen LogP contribution in [0, 0.1) is 17.3 Å². The number of aliphatic carboxylic acids is 1. The van der Waals surface area contributed by atoms with Gasteiger partial charge < -0.3 is 15.3 Å². The number of carbonyl (C=O) groups excluding carboxylic acids is 2. The number of carboxylic acid groups (broad SMARTS) is 1. The maximum atomic E-state index is 11.8. The summed E-state index contributed by atoms with van der Waals surface area (Å²) in [5, 5.41) is 11.4. The minimum atomic E-state index is -0.835. The Hall–Kier alpha value is -1.59. The van der Waals surface area contributed by atoms with Gasteiger partial charge in [0.2, 0.25) is 11.8 Å². The molecule has 1 rings (SSSR count). The fraction of sp³-hybridized carbons (Fsp3) is 0.769. The van der Waals surface area contributed by atoms with Crippen molar-refractivity contribution in [3.05, 3.63) is 0 Å². The minimum absolute atomic E-state index is 0.0137. The molecule has 19 heavy (non-hydrogen) atoms. The van der Waals surface area contributed by atoms with Gasteiger partial charge in [0.15, 0.2) is 0 Å². The van der Waals surface area contributed by atoms with Crippen molar-refractivity contribution in [2.45, 2.75) is 27.7 Å². The number of carbonyl (C=O) groups is 3. The van der Waals surface area contributed by atoms with Crippen molar-refractivity contribution in [1.82, 2.24) is 10.2 Å². The first kappa shape index (κ1) is 15.5. The standard InChI is InChI=1S/C13H22N2O4/c1-8(11(17)18)9-6-15(7-9)10(16)5-14-12(19)13(2,3)4/h8-9H,5-7H2,1-4H3,(H,14,19)(H,17,18). The summed E-state index contributed by atoms with van der Waals surface area (Å²) in [5.74, 6) is -1.59. The Balaban J connectivity index is 2.31. The summed E-state index contributed by atoms with van der Waals surface area (Å²) < 4.78 is 0. The van der Waals surface area contributed by atoms with Gasteiger partial charge in [-0.25, -0.2) is 0 Å². The van der Waals surface area contributed by atoms with E-state index in [2.05, 4.69) is 5.32 Å². The van der Waals surface area contributed by atoms with Crippen molar-refractivity contribution in [3.8, 4) is 0 Å². The lowest BCUT2D eigenvalue weighted by atomic mass is 9.87. The van der Waals surface area contributed by atoms with Gasteiger partial charge >= 0.3 is 5.97 Å². The molecule has 108 valence electrons. The van der Waals surface area contributed by atoms with Crippen molar-refractivity contribution >= 4 is 17.8 Å². The third-order valence-corrected chi connectivity index (χ3v) is 3.44. The third-order valence-electron chi connectivity index (χ3n) is 3.44. The minimum Gasteiger partial charge on any atom is -0.481 e. The van der Waals surface area contributed by atoms with Crippen LogP contribution in [0.3, 0.4) is 0 Å². The number of nitrogens with zero attached hydrogens (tertiary/aromatic N) is 1. The van der Waals surface area contributed by atoms with E-state index in [1.54, 1.807) is 32.6 Å². The molecule has 6 heteroatoms. The van der Waals surface area contributed by atoms with Crippen LogP contribution >= 0.6 is 0 Å². The average Bonchev–Trinajstić information content (AvgIpc) is 2.21. The van der Waals surface area contributed by atoms with E-state index in [1.165, 1.54) is 0 Å². The lowest BCUT2D eigenvalue weighted by molar-refractivity contribution is -0.150. The van der Waals surface area contributed by atoms with Crippen molar-refractivity contribution in [1.29, 1.82) is 0 Å². The Morgan fingerprint density at radius 1 is 1.32 bits per heavy atom. The highest BCUT2D eigenvalue weighted by Gasteiger charge is 2.37. The van der Waals surface area contributed by atoms with Gasteiger partial charge in [-0.15, -0.1) is 0 Å². The Kier molecular flexibility index (Phi) is 4.55. The zero-order chi connectivity index (χ0) is 14.8. The molecule has 0 radical (unpaired) electrons. The zero-order valence-electron chi connectivity index (χ0n) is 11.9. The molecule has 6 nitrogen and oxygen atoms in total. The molecule has 0 aromatic rings. The molecule has 1 fully saturated rings. The normalized spacial score (nSPS) is 17.6. The molecule has 1 heterocycles. The number of nitrogens with one attached hydrogen (secondary N) is 1. The molecular formula is C13H22N2O4. The monoisotopic (exact) mass is 270 g/mol. The molecule has 0 aromatic heterocycles. The van der Waals surface area contributed by atoms with Gasteiger partial charge in [-0.2, -0.15) is 0 Å². The second-order valence-electron chi connectivity index (χ2n) is 6.12. The van der Waals surface area contributed by atoms with Gasteiger partial charge in [0.1, 0.15) is 0 Å². The van der Waals surface area contributed by atoms with E-state index in [0.29, 0.717) is 13.1 Å². The number of carboxylic acids is 1. The number of rotatable bonds is 4. The molecule has 2 amide bonds. The molecule has 1 aliphatic heterocycles. The van der Waals surface area contributed by atoms with Crippen LogP contribution in [0.5, 0.6) is 0 Å². The number of amides is 2. The second kappa shape index (κ2) is 5.59. The Labute approximate surface area is 113 Å². The summed E-state index contributed by atoms with van der Waals surface area (Å²) in [6.45, 7) is 7.87. The van der Waals surface area contributed by atoms with Crippen LogP contribution < -0.4 is 5.32 Å². The zero-order valence-corrected chi connectivity index (χ0v) is 11.9. The summed E-state index contributed by atoms with van der Waals surface area (Å²) in [6.07, 6.45) is 0. The highest BCUT2D eigenvalue weighted by molar-refractivity contribution is 5.87. The van der Waals surface area contributed by atoms with Crippen molar-refractivity contribution in [3.63, 3.8) is 0 Å². The summed E-state index contributed by atoms with van der Waals surface area (Å²) in [4.78, 5) is 35.7. The molecule has 1 aliphatic rings. The van der Waals surface area contributed by atoms with Gasteiger partial charge in [0.05, 0.1) is 12.5 Å². The van der Waals surface area contributed by atoms with E-state index in [9.17, 15) is 14.4 Å². The molecule has 1 saturated heterocycles. The van der Waals surface area contributed by atoms with Crippen molar-refractivity contribution in [2.75, 3.05) is 19.6 Å². The Morgan fingerprint density at radius 2 is 1.84 bits per heavy atom. The Morgan fingerprint density at radius 3 is 2.26 bits per heavy atom. The summed E-state index contributed by atoms with van der Waals surface area (Å²) in [7, 11) is 0. The smallest absolute Gasteiger partial charge is 0.306 e. The highest BCUT2D eigenvalue weighted by atomic mass is 16.4. The van der Waals surface area contributed by atoms with Gasteiger partial charge in [-0.05, 0) is 0 Å². The predicted octanol–water partition coefficient (Wildman–Crippen LogP) is 0.328. The quantitative estimate of drug-likeness (QED) is 0.770. The first-order chi connectivity index (χ1) is 8.62. The SMILES string of the molecule is CC(C(=O)O)C1CN(C(=O)CNC(=O)C(C)(C)C)C1. The lowest BCUT2D eigenvalue weighted by Crippen LogP contribution is -2.56. The molecule has 2 N–H and O–H groups in total. The molecule has 1 atom stereocenters. The average molecular weight is 270 g/mol. The molecule has 0 saturated carbocycles. The summed E-state index contributed by atoms with van der Waals surface area (Å²) in [6, 6.07) is 0. The predicted molar refractivity (Wildman–Crippen MR) is 69.3 cm³/mol. The van der Waals surface area contributed by atoms with Gasteiger partial charge in [0, 0.05) is 24.4 Å². The van der Waals surface area contributed by atoms with Gasteiger partial charge in [0.25, 0.3) is 0 Å². The summed E-state index contributed by atoms with van der Waals surface area (Å²) >= 11 is 0. The van der Waals surface area contributed by atoms with Gasteiger partial charge in [-0.3, -0.25) is 14.4 Å². The fourth-order valence-corrected chi connectivity index (χ4v) is 1.77. The molecule has 0 aliphatic carbocycles. The van der Waals surface area contributed by atoms with E-state index in [4.69, 9.17) is 5.11 Å². The van der Waals surface area contributed by atoms with Crippen molar-refractivity contribution < 1.29 is 19.5 Å². The molecule has 0 bridgehead atoms. The maximum Gasteiger partial charge on any atom is 0.306 e. The van der Waals surface area contributed by atoms with Crippen LogP contribution in [0.4, 0.5) is 0 Å². The van der Waals surface area contributed by atoms with Crippen LogP contribution in [0.25, 0.3) is 0 Å². The van der Waals surface area contributed by atoms with E-state index >= 15 is 0 Å². The van der Waals surface area contributed by atoms with Crippen LogP contribution in [-0.2, 0) is 14.4 Å². The molecule has 0 aromatic carbocycles. The van der Waals surface area contributed by atoms with Crippen LogP contribution in [0.2, 0.25) is 0 Å². The maximum absolute atomic E-state index is 11.8. The van der Waals surface area contributed by atoms with E-state index in [-0.39, 0.29) is 24.3 Å². The first-order valence-corrected chi connectivity index (χ1v) is 6.42. The number of hydrogen-bond acceptors (Lipinski definition) is 3. The third kappa shape index (κ3) is 3.94. The van der Waals surface area contributed by atoms with E-state index in [1.807, 2.05) is 0 Å². The van der Waals surface area contributed by atoms with Crippen LogP contribution in [0.1, 0.15) is 27.7 Å². The lowest BCUT2D eigenvalue weighted by Gasteiger charge is -2.41. The van der Waals surface area contributed by atoms with Gasteiger partial charge in [-0.1, -0.05) is 27.7 Å². The topological polar surface area (TPSA) is 86.7 Å². The number of hydrogen-bond donors (Lipinski definition) is 2. The largest absolute Gasteiger partial charge is 0.481 e. The number of likely N-dealkylation sites (tertiary alicyclic amines) is 1. The van der Waals surface area contributed by atoms with Crippen LogP contribution in [0.15, 0.2) is 0 Å². The molecule has 0 spiro atoms. The fourth-order valence-electron chi connectivity index (χ4n) is 1.77.